The molecule has 9 nitrogen and oxygen atoms in total. The van der Waals surface area contributed by atoms with Gasteiger partial charge in [0, 0.05) is 30.6 Å². The molecule has 6 aliphatic rings. The lowest BCUT2D eigenvalue weighted by Crippen LogP contribution is -2.71. The first-order valence-corrected chi connectivity index (χ1v) is 14.2. The Morgan fingerprint density at radius 3 is 2.20 bits per heavy atom. The van der Waals surface area contributed by atoms with Crippen molar-refractivity contribution in [3.05, 3.63) is 23.8 Å². The summed E-state index contributed by atoms with van der Waals surface area (Å²) in [6.45, 7) is 6.66. The standard InChI is InChI=1S/C31H40O9/c1-17(32)39-16-21(34)20-7-8-22-28(20,3)11-10-23-29(4)12-9-19(40-18(2)33)15-30(29)13-14-31(22,23)25(27(36)38-6)24(30)26(35)37-5/h10,13-14,19-20,22,24-25H,7-9,11-12,15-16H2,1-6H3/t19-,20+,22+,24?,25?,28+,29+,30+,31+/m0/s1. The van der Waals surface area contributed by atoms with Crippen molar-refractivity contribution in [2.45, 2.75) is 72.3 Å². The van der Waals surface area contributed by atoms with Crippen molar-refractivity contribution in [1.29, 1.82) is 0 Å². The zero-order valence-electron chi connectivity index (χ0n) is 24.2. The summed E-state index contributed by atoms with van der Waals surface area (Å²) in [5.74, 6) is -4.16. The summed E-state index contributed by atoms with van der Waals surface area (Å²) >= 11 is 0. The molecule has 0 aromatic heterocycles. The topological polar surface area (TPSA) is 122 Å². The van der Waals surface area contributed by atoms with E-state index in [4.69, 9.17) is 18.9 Å². The van der Waals surface area contributed by atoms with Crippen LogP contribution in [0.1, 0.15) is 66.2 Å². The quantitative estimate of drug-likeness (QED) is 0.274. The predicted octanol–water partition coefficient (Wildman–Crippen LogP) is 3.74. The normalized spacial score (nSPS) is 42.5. The first kappa shape index (κ1) is 28.6. The number of hydrogen-bond acceptors (Lipinski definition) is 9. The monoisotopic (exact) mass is 556 g/mol. The molecule has 2 bridgehead atoms. The first-order valence-electron chi connectivity index (χ1n) is 14.2. The van der Waals surface area contributed by atoms with Crippen molar-refractivity contribution in [3.8, 4) is 0 Å². The molecular weight excluding hydrogens is 516 g/mol. The molecule has 2 unspecified atom stereocenters. The van der Waals surface area contributed by atoms with Gasteiger partial charge < -0.3 is 18.9 Å². The Bertz CT molecular complexity index is 1220. The third-order valence-electron chi connectivity index (χ3n) is 11.4. The lowest BCUT2D eigenvalue weighted by Gasteiger charge is -2.72. The van der Waals surface area contributed by atoms with Crippen LogP contribution in [0, 0.1) is 45.3 Å². The van der Waals surface area contributed by atoms with Crippen molar-refractivity contribution in [3.63, 3.8) is 0 Å². The van der Waals surface area contributed by atoms with Gasteiger partial charge in [0.1, 0.15) is 12.7 Å². The summed E-state index contributed by atoms with van der Waals surface area (Å²) in [5, 5.41) is 0. The van der Waals surface area contributed by atoms with Gasteiger partial charge in [0.2, 0.25) is 0 Å². The Morgan fingerprint density at radius 1 is 0.900 bits per heavy atom. The summed E-state index contributed by atoms with van der Waals surface area (Å²) in [6.07, 6.45) is 9.64. The smallest absolute Gasteiger partial charge is 0.310 e. The maximum atomic E-state index is 13.9. The Balaban J connectivity index is 1.69. The predicted molar refractivity (Wildman–Crippen MR) is 141 cm³/mol. The molecule has 9 heteroatoms. The van der Waals surface area contributed by atoms with E-state index in [9.17, 15) is 24.0 Å². The van der Waals surface area contributed by atoms with E-state index >= 15 is 0 Å². The summed E-state index contributed by atoms with van der Waals surface area (Å²) in [4.78, 5) is 64.4. The highest BCUT2D eigenvalue weighted by molar-refractivity contribution is 5.88. The van der Waals surface area contributed by atoms with Gasteiger partial charge in [-0.1, -0.05) is 37.6 Å². The number of ketones is 1. The highest BCUT2D eigenvalue weighted by Gasteiger charge is 2.78. The molecule has 0 radical (unpaired) electrons. The SMILES string of the molecule is COC(=O)C1C(C(=O)OC)[C@]23C=C[C@@]14C(=CC[C@]1(C)[C@@H](C(=O)COC(C)=O)CC[C@H]14)[C@@]2(C)CC[C@H](OC(C)=O)C3. The number of allylic oxidation sites excluding steroid dienone is 4. The minimum Gasteiger partial charge on any atom is -0.469 e. The molecule has 0 N–H and O–H groups in total. The molecule has 218 valence electrons. The molecule has 0 aliphatic heterocycles. The Kier molecular flexibility index (Phi) is 6.82. The average molecular weight is 557 g/mol. The van der Waals surface area contributed by atoms with E-state index in [1.165, 1.54) is 28.1 Å². The first-order chi connectivity index (χ1) is 18.8. The van der Waals surface area contributed by atoms with Gasteiger partial charge in [-0.2, -0.15) is 0 Å². The fraction of sp³-hybridized carbons (Fsp3) is 0.710. The van der Waals surface area contributed by atoms with Crippen LogP contribution in [0.15, 0.2) is 23.8 Å². The summed E-state index contributed by atoms with van der Waals surface area (Å²) in [5.41, 5.74) is -1.55. The Morgan fingerprint density at radius 2 is 1.57 bits per heavy atom. The molecule has 3 saturated carbocycles. The van der Waals surface area contributed by atoms with Crippen LogP contribution in [0.25, 0.3) is 0 Å². The number of Topliss-reactive ketones (excluding diaryl/α,β-unsaturated/α-hetero) is 1. The Hall–Kier alpha value is -2.97. The second-order valence-corrected chi connectivity index (χ2v) is 12.9. The molecule has 6 rings (SSSR count). The zero-order chi connectivity index (χ0) is 29.3. The zero-order valence-corrected chi connectivity index (χ0v) is 24.2. The fourth-order valence-electron chi connectivity index (χ4n) is 9.91. The van der Waals surface area contributed by atoms with Gasteiger partial charge >= 0.3 is 23.9 Å². The number of esters is 4. The minimum absolute atomic E-state index is 0.120. The van der Waals surface area contributed by atoms with E-state index in [0.717, 1.165) is 5.57 Å². The number of rotatable bonds is 6. The van der Waals surface area contributed by atoms with Crippen molar-refractivity contribution in [1.82, 2.24) is 0 Å². The number of carbonyl (C=O) groups is 5. The maximum absolute atomic E-state index is 13.9. The second-order valence-electron chi connectivity index (χ2n) is 12.9. The molecule has 9 atom stereocenters. The van der Waals surface area contributed by atoms with E-state index in [1.54, 1.807) is 0 Å². The van der Waals surface area contributed by atoms with Gasteiger partial charge in [-0.3, -0.25) is 24.0 Å². The van der Waals surface area contributed by atoms with E-state index in [2.05, 4.69) is 32.1 Å². The number of ether oxygens (including phenoxy) is 4. The van der Waals surface area contributed by atoms with Gasteiger partial charge in [-0.15, -0.1) is 0 Å². The lowest BCUT2D eigenvalue weighted by atomic mass is 9.30. The van der Waals surface area contributed by atoms with Crippen LogP contribution in [-0.4, -0.2) is 56.6 Å². The molecule has 0 amide bonds. The summed E-state index contributed by atoms with van der Waals surface area (Å²) in [6, 6.07) is 0. The van der Waals surface area contributed by atoms with Crippen molar-refractivity contribution >= 4 is 29.7 Å². The number of methoxy groups -OCH3 is 2. The van der Waals surface area contributed by atoms with Crippen molar-refractivity contribution < 1.29 is 42.9 Å². The van der Waals surface area contributed by atoms with Crippen LogP contribution in [-0.2, 0) is 42.9 Å². The van der Waals surface area contributed by atoms with Crippen LogP contribution in [0.2, 0.25) is 0 Å². The molecule has 3 fully saturated rings. The fourth-order valence-corrected chi connectivity index (χ4v) is 9.91. The van der Waals surface area contributed by atoms with Gasteiger partial charge in [-0.25, -0.2) is 0 Å². The van der Waals surface area contributed by atoms with E-state index in [0.29, 0.717) is 38.5 Å². The Labute approximate surface area is 235 Å². The van der Waals surface area contributed by atoms with Crippen LogP contribution in [0.4, 0.5) is 0 Å². The van der Waals surface area contributed by atoms with Gasteiger partial charge in [-0.05, 0) is 55.3 Å². The summed E-state index contributed by atoms with van der Waals surface area (Å²) in [7, 11) is 2.67. The van der Waals surface area contributed by atoms with Crippen LogP contribution in [0.5, 0.6) is 0 Å². The van der Waals surface area contributed by atoms with Gasteiger partial charge in [0.05, 0.1) is 26.1 Å². The maximum Gasteiger partial charge on any atom is 0.310 e. The number of carbonyl (C=O) groups excluding carboxylic acids is 5. The molecule has 0 aromatic rings. The lowest BCUT2D eigenvalue weighted by molar-refractivity contribution is -0.201. The molecule has 0 aromatic carbocycles. The number of hydrogen-bond donors (Lipinski definition) is 0. The van der Waals surface area contributed by atoms with Gasteiger partial charge in [0.25, 0.3) is 0 Å². The summed E-state index contributed by atoms with van der Waals surface area (Å²) < 4.78 is 21.6. The molecule has 0 saturated heterocycles. The molecule has 40 heavy (non-hydrogen) atoms. The molecule has 6 aliphatic carbocycles. The van der Waals surface area contributed by atoms with Crippen LogP contribution < -0.4 is 0 Å². The average Bonchev–Trinajstić information content (AvgIpc) is 3.27. The van der Waals surface area contributed by atoms with Gasteiger partial charge in [0.15, 0.2) is 5.78 Å². The molecule has 2 spiro atoms. The number of fused-ring (bicyclic) bond motifs is 2. The minimum atomic E-state index is -0.864. The van der Waals surface area contributed by atoms with Crippen LogP contribution in [0.3, 0.4) is 0 Å². The molecular formula is C31H40O9. The largest absolute Gasteiger partial charge is 0.469 e. The van der Waals surface area contributed by atoms with E-state index in [1.807, 2.05) is 0 Å². The molecule has 0 heterocycles. The van der Waals surface area contributed by atoms with Crippen molar-refractivity contribution in [2.75, 3.05) is 20.8 Å². The second kappa shape index (κ2) is 9.55. The van der Waals surface area contributed by atoms with E-state index < -0.39 is 57.5 Å². The van der Waals surface area contributed by atoms with Crippen molar-refractivity contribution in [2.24, 2.45) is 45.3 Å². The van der Waals surface area contributed by atoms with E-state index in [-0.39, 0.29) is 30.2 Å². The highest BCUT2D eigenvalue weighted by atomic mass is 16.5. The third kappa shape index (κ3) is 3.61. The van der Waals surface area contributed by atoms with Crippen LogP contribution >= 0.6 is 0 Å². The third-order valence-corrected chi connectivity index (χ3v) is 11.4. The highest BCUT2D eigenvalue weighted by Crippen LogP contribution is 2.80.